The molecule has 1 aromatic rings. The summed E-state index contributed by atoms with van der Waals surface area (Å²) in [6.07, 6.45) is 4.41. The molecule has 2 N–H and O–H groups in total. The van der Waals surface area contributed by atoms with Crippen molar-refractivity contribution in [2.45, 2.75) is 38.3 Å². The minimum Gasteiger partial charge on any atom is -0.380 e. The molecule has 1 unspecified atom stereocenters. The number of anilines is 1. The van der Waals surface area contributed by atoms with Gasteiger partial charge in [0.15, 0.2) is 0 Å². The molecular weight excluding hydrogens is 240 g/mol. The summed E-state index contributed by atoms with van der Waals surface area (Å²) in [7, 11) is 1.67. The lowest BCUT2D eigenvalue weighted by Gasteiger charge is -2.16. The van der Waals surface area contributed by atoms with E-state index in [1.807, 2.05) is 24.3 Å². The Hall–Kier alpha value is -1.39. The summed E-state index contributed by atoms with van der Waals surface area (Å²) < 4.78 is 5.10. The number of rotatable bonds is 4. The highest BCUT2D eigenvalue weighted by Gasteiger charge is 2.19. The summed E-state index contributed by atoms with van der Waals surface area (Å²) in [4.78, 5) is 12.2. The second-order valence-electron chi connectivity index (χ2n) is 4.98. The zero-order valence-corrected chi connectivity index (χ0v) is 11.4. The van der Waals surface area contributed by atoms with Crippen LogP contribution in [-0.4, -0.2) is 25.6 Å². The van der Waals surface area contributed by atoms with Crippen molar-refractivity contribution in [2.75, 3.05) is 19.0 Å². The van der Waals surface area contributed by atoms with Crippen molar-refractivity contribution in [3.05, 3.63) is 29.8 Å². The molecule has 4 heteroatoms. The lowest BCUT2D eigenvalue weighted by Crippen LogP contribution is -2.39. The average Bonchev–Trinajstić information content (AvgIpc) is 2.68. The second kappa shape index (κ2) is 7.26. The number of hydrogen-bond acceptors (Lipinski definition) is 3. The fourth-order valence-electron chi connectivity index (χ4n) is 2.39. The molecule has 1 saturated heterocycles. The Morgan fingerprint density at radius 1 is 1.42 bits per heavy atom. The first-order valence-corrected chi connectivity index (χ1v) is 6.92. The zero-order valence-electron chi connectivity index (χ0n) is 11.4. The van der Waals surface area contributed by atoms with E-state index in [2.05, 4.69) is 10.6 Å². The molecule has 1 amide bonds. The summed E-state index contributed by atoms with van der Waals surface area (Å²) in [6.45, 7) is 1.49. The van der Waals surface area contributed by atoms with Crippen molar-refractivity contribution in [3.63, 3.8) is 0 Å². The molecule has 4 nitrogen and oxygen atoms in total. The molecule has 104 valence electrons. The van der Waals surface area contributed by atoms with Crippen LogP contribution in [0.15, 0.2) is 24.3 Å². The molecule has 1 heterocycles. The Bertz CT molecular complexity index is 412. The number of methoxy groups -OCH3 is 1. The van der Waals surface area contributed by atoms with Gasteiger partial charge in [0, 0.05) is 12.8 Å². The Kier molecular flexibility index (Phi) is 5.36. The summed E-state index contributed by atoms with van der Waals surface area (Å²) in [5.74, 6) is 0.0662. The van der Waals surface area contributed by atoms with E-state index in [9.17, 15) is 4.79 Å². The number of benzene rings is 1. The van der Waals surface area contributed by atoms with Crippen LogP contribution in [0.5, 0.6) is 0 Å². The number of carbonyl (C=O) groups is 1. The molecule has 0 aromatic heterocycles. The first-order valence-electron chi connectivity index (χ1n) is 6.92. The Labute approximate surface area is 114 Å². The minimum absolute atomic E-state index is 0.0615. The third-order valence-corrected chi connectivity index (χ3v) is 3.38. The monoisotopic (exact) mass is 262 g/mol. The topological polar surface area (TPSA) is 50.4 Å². The van der Waals surface area contributed by atoms with Gasteiger partial charge < -0.3 is 15.4 Å². The highest BCUT2D eigenvalue weighted by atomic mass is 16.5. The fourth-order valence-corrected chi connectivity index (χ4v) is 2.39. The van der Waals surface area contributed by atoms with E-state index in [1.54, 1.807) is 7.11 Å². The van der Waals surface area contributed by atoms with Crippen LogP contribution in [0.25, 0.3) is 0 Å². The van der Waals surface area contributed by atoms with Crippen molar-refractivity contribution < 1.29 is 9.53 Å². The number of hydrogen-bond donors (Lipinski definition) is 2. The van der Waals surface area contributed by atoms with Crippen LogP contribution < -0.4 is 10.6 Å². The maximum absolute atomic E-state index is 12.2. The van der Waals surface area contributed by atoms with Crippen molar-refractivity contribution in [3.8, 4) is 0 Å². The van der Waals surface area contributed by atoms with Crippen LogP contribution in [0.2, 0.25) is 0 Å². The molecule has 19 heavy (non-hydrogen) atoms. The number of amides is 1. The quantitative estimate of drug-likeness (QED) is 0.875. The first-order chi connectivity index (χ1) is 9.29. The van der Waals surface area contributed by atoms with Gasteiger partial charge in [0.05, 0.1) is 12.6 Å². The van der Waals surface area contributed by atoms with E-state index in [-0.39, 0.29) is 11.9 Å². The van der Waals surface area contributed by atoms with Crippen LogP contribution in [0.4, 0.5) is 5.69 Å². The van der Waals surface area contributed by atoms with Gasteiger partial charge in [0.25, 0.3) is 0 Å². The van der Waals surface area contributed by atoms with Gasteiger partial charge in [0.1, 0.15) is 0 Å². The van der Waals surface area contributed by atoms with E-state index in [1.165, 1.54) is 6.42 Å². The van der Waals surface area contributed by atoms with E-state index in [0.29, 0.717) is 6.61 Å². The Morgan fingerprint density at radius 3 is 3.16 bits per heavy atom. The molecule has 0 saturated carbocycles. The molecule has 0 spiro atoms. The van der Waals surface area contributed by atoms with Gasteiger partial charge in [0.2, 0.25) is 5.91 Å². The SMILES string of the molecule is COCc1cccc(NC(=O)C2CCCCCN2)c1. The van der Waals surface area contributed by atoms with E-state index < -0.39 is 0 Å². The van der Waals surface area contributed by atoms with Crippen LogP contribution >= 0.6 is 0 Å². The van der Waals surface area contributed by atoms with Crippen LogP contribution in [0, 0.1) is 0 Å². The maximum atomic E-state index is 12.2. The standard InChI is InChI=1S/C15H22N2O2/c1-19-11-12-6-5-7-13(10-12)17-15(18)14-8-3-2-4-9-16-14/h5-7,10,14,16H,2-4,8-9,11H2,1H3,(H,17,18). The molecule has 1 fully saturated rings. The molecule has 1 aromatic carbocycles. The predicted octanol–water partition coefficient (Wildman–Crippen LogP) is 2.30. The third-order valence-electron chi connectivity index (χ3n) is 3.38. The van der Waals surface area contributed by atoms with Crippen molar-refractivity contribution in [1.82, 2.24) is 5.32 Å². The second-order valence-corrected chi connectivity index (χ2v) is 4.98. The molecular formula is C15H22N2O2. The highest BCUT2D eigenvalue weighted by Crippen LogP contribution is 2.14. The molecule has 2 rings (SSSR count). The molecule has 0 aliphatic carbocycles. The number of carbonyl (C=O) groups excluding carboxylic acids is 1. The highest BCUT2D eigenvalue weighted by molar-refractivity contribution is 5.94. The maximum Gasteiger partial charge on any atom is 0.241 e. The van der Waals surface area contributed by atoms with Crippen molar-refractivity contribution >= 4 is 11.6 Å². The normalized spacial score (nSPS) is 19.7. The van der Waals surface area contributed by atoms with Crippen LogP contribution in [-0.2, 0) is 16.1 Å². The average molecular weight is 262 g/mol. The number of nitrogens with one attached hydrogen (secondary N) is 2. The lowest BCUT2D eigenvalue weighted by molar-refractivity contribution is -0.118. The fraction of sp³-hybridized carbons (Fsp3) is 0.533. The van der Waals surface area contributed by atoms with Gasteiger partial charge in [-0.3, -0.25) is 4.79 Å². The minimum atomic E-state index is -0.0615. The summed E-state index contributed by atoms with van der Waals surface area (Å²) in [6, 6.07) is 7.73. The van der Waals surface area contributed by atoms with Crippen LogP contribution in [0.3, 0.4) is 0 Å². The smallest absolute Gasteiger partial charge is 0.241 e. The summed E-state index contributed by atoms with van der Waals surface area (Å²) in [5.41, 5.74) is 1.90. The van der Waals surface area contributed by atoms with Crippen LogP contribution in [0.1, 0.15) is 31.2 Å². The molecule has 0 radical (unpaired) electrons. The third kappa shape index (κ3) is 4.33. The molecule has 1 atom stereocenters. The van der Waals surface area contributed by atoms with Crippen molar-refractivity contribution in [1.29, 1.82) is 0 Å². The Balaban J connectivity index is 1.95. The zero-order chi connectivity index (χ0) is 13.5. The lowest BCUT2D eigenvalue weighted by atomic mass is 10.1. The number of ether oxygens (including phenoxy) is 1. The first kappa shape index (κ1) is 14.0. The van der Waals surface area contributed by atoms with Gasteiger partial charge >= 0.3 is 0 Å². The predicted molar refractivity (Wildman–Crippen MR) is 76.0 cm³/mol. The van der Waals surface area contributed by atoms with Gasteiger partial charge in [-0.1, -0.05) is 25.0 Å². The molecule has 1 aliphatic heterocycles. The van der Waals surface area contributed by atoms with E-state index in [4.69, 9.17) is 4.74 Å². The van der Waals surface area contributed by atoms with E-state index >= 15 is 0 Å². The van der Waals surface area contributed by atoms with Crippen molar-refractivity contribution in [2.24, 2.45) is 0 Å². The van der Waals surface area contributed by atoms with E-state index in [0.717, 1.165) is 37.1 Å². The summed E-state index contributed by atoms with van der Waals surface area (Å²) in [5, 5.41) is 6.29. The van der Waals surface area contributed by atoms with Gasteiger partial charge in [-0.2, -0.15) is 0 Å². The molecule has 0 bridgehead atoms. The van der Waals surface area contributed by atoms with Gasteiger partial charge in [-0.05, 0) is 37.1 Å². The molecule has 1 aliphatic rings. The van der Waals surface area contributed by atoms with Gasteiger partial charge in [-0.25, -0.2) is 0 Å². The largest absolute Gasteiger partial charge is 0.380 e. The Morgan fingerprint density at radius 2 is 2.32 bits per heavy atom. The van der Waals surface area contributed by atoms with Gasteiger partial charge in [-0.15, -0.1) is 0 Å². The summed E-state index contributed by atoms with van der Waals surface area (Å²) >= 11 is 0.